The summed E-state index contributed by atoms with van der Waals surface area (Å²) in [4.78, 5) is 11.1. The van der Waals surface area contributed by atoms with Crippen LogP contribution < -0.4 is 15.4 Å². The van der Waals surface area contributed by atoms with E-state index in [1.807, 2.05) is 54.6 Å². The average molecular weight is 336 g/mol. The van der Waals surface area contributed by atoms with Gasteiger partial charge in [-0.15, -0.1) is 10.2 Å². The topological polar surface area (TPSA) is 85.4 Å². The molecule has 0 unspecified atom stereocenters. The van der Waals surface area contributed by atoms with Crippen molar-refractivity contribution in [1.82, 2.24) is 10.2 Å². The fourth-order valence-electron chi connectivity index (χ4n) is 2.00. The molecule has 2 N–H and O–H groups in total. The van der Waals surface area contributed by atoms with Gasteiger partial charge in [-0.2, -0.15) is 0 Å². The Balaban J connectivity index is 1.60. The molecule has 126 valence electrons. The number of para-hydroxylation sites is 1. The molecule has 0 fully saturated rings. The van der Waals surface area contributed by atoms with Gasteiger partial charge < -0.3 is 14.8 Å². The molecule has 1 amide bonds. The third kappa shape index (κ3) is 4.68. The molecule has 0 bridgehead atoms. The monoisotopic (exact) mass is 336 g/mol. The highest BCUT2D eigenvalue weighted by molar-refractivity contribution is 5.83. The molecule has 0 aliphatic rings. The maximum absolute atomic E-state index is 11.1. The minimum Gasteiger partial charge on any atom is -0.457 e. The molecule has 0 radical (unpaired) electrons. The second-order valence-electron chi connectivity index (χ2n) is 4.98. The van der Waals surface area contributed by atoms with Gasteiger partial charge in [-0.05, 0) is 48.5 Å². The smallest absolute Gasteiger partial charge is 0.412 e. The summed E-state index contributed by atoms with van der Waals surface area (Å²) in [5.41, 5.74) is 0.836. The highest BCUT2D eigenvalue weighted by atomic mass is 16.5. The van der Waals surface area contributed by atoms with Crippen LogP contribution in [-0.2, 0) is 4.74 Å². The van der Waals surface area contributed by atoms with Crippen LogP contribution in [0.2, 0.25) is 0 Å². The standard InChI is InChI=1S/C18H16N4O3/c1-24-18(23)20-17-12-11-16(21-22-17)19-13-7-9-15(10-8-13)25-14-5-3-2-4-6-14/h2-12H,1H3,(H,19,21)(H,20,22,23). The predicted octanol–water partition coefficient (Wildman–Crippen LogP) is 4.19. The van der Waals surface area contributed by atoms with E-state index in [1.165, 1.54) is 7.11 Å². The Kier molecular flexibility index (Phi) is 5.06. The number of ether oxygens (including phenoxy) is 2. The van der Waals surface area contributed by atoms with E-state index in [0.29, 0.717) is 11.6 Å². The largest absolute Gasteiger partial charge is 0.457 e. The van der Waals surface area contributed by atoms with Crippen LogP contribution in [0.3, 0.4) is 0 Å². The number of carbonyl (C=O) groups excluding carboxylic acids is 1. The average Bonchev–Trinajstić information content (AvgIpc) is 2.66. The van der Waals surface area contributed by atoms with Crippen molar-refractivity contribution in [2.24, 2.45) is 0 Å². The first-order valence-corrected chi connectivity index (χ1v) is 7.51. The Morgan fingerprint density at radius 2 is 1.48 bits per heavy atom. The van der Waals surface area contributed by atoms with Crippen molar-refractivity contribution in [3.63, 3.8) is 0 Å². The van der Waals surface area contributed by atoms with Gasteiger partial charge in [-0.3, -0.25) is 5.32 Å². The van der Waals surface area contributed by atoms with Crippen LogP contribution in [0.4, 0.5) is 22.1 Å². The fraction of sp³-hybridized carbons (Fsp3) is 0.0556. The number of nitrogens with zero attached hydrogens (tertiary/aromatic N) is 2. The number of rotatable bonds is 5. The van der Waals surface area contributed by atoms with Crippen molar-refractivity contribution in [1.29, 1.82) is 0 Å². The summed E-state index contributed by atoms with van der Waals surface area (Å²) < 4.78 is 10.2. The summed E-state index contributed by atoms with van der Waals surface area (Å²) in [6.45, 7) is 0. The molecular formula is C18H16N4O3. The van der Waals surface area contributed by atoms with Gasteiger partial charge in [0.15, 0.2) is 11.6 Å². The van der Waals surface area contributed by atoms with Crippen molar-refractivity contribution in [2.75, 3.05) is 17.7 Å². The van der Waals surface area contributed by atoms with E-state index in [-0.39, 0.29) is 0 Å². The van der Waals surface area contributed by atoms with Gasteiger partial charge in [-0.1, -0.05) is 18.2 Å². The molecule has 0 spiro atoms. The van der Waals surface area contributed by atoms with E-state index in [0.717, 1.165) is 17.2 Å². The molecule has 0 saturated heterocycles. The first kappa shape index (κ1) is 16.3. The quantitative estimate of drug-likeness (QED) is 0.726. The zero-order valence-corrected chi connectivity index (χ0v) is 13.5. The summed E-state index contributed by atoms with van der Waals surface area (Å²) in [6, 6.07) is 20.4. The van der Waals surface area contributed by atoms with Crippen LogP contribution in [0, 0.1) is 0 Å². The lowest BCUT2D eigenvalue weighted by Gasteiger charge is -2.08. The third-order valence-corrected chi connectivity index (χ3v) is 3.19. The van der Waals surface area contributed by atoms with Crippen molar-refractivity contribution in [3.8, 4) is 11.5 Å². The number of nitrogens with one attached hydrogen (secondary N) is 2. The molecule has 1 aromatic heterocycles. The SMILES string of the molecule is COC(=O)Nc1ccc(Nc2ccc(Oc3ccccc3)cc2)nn1. The summed E-state index contributed by atoms with van der Waals surface area (Å²) in [7, 11) is 1.28. The molecular weight excluding hydrogens is 320 g/mol. The maximum Gasteiger partial charge on any atom is 0.412 e. The minimum absolute atomic E-state index is 0.309. The molecule has 0 saturated carbocycles. The zero-order valence-electron chi connectivity index (χ0n) is 13.5. The summed E-state index contributed by atoms with van der Waals surface area (Å²) in [5.74, 6) is 2.37. The van der Waals surface area contributed by atoms with Crippen LogP contribution in [0.5, 0.6) is 11.5 Å². The first-order chi connectivity index (χ1) is 12.2. The molecule has 0 aliphatic heterocycles. The molecule has 3 aromatic rings. The van der Waals surface area contributed by atoms with Crippen molar-refractivity contribution < 1.29 is 14.3 Å². The molecule has 0 aliphatic carbocycles. The van der Waals surface area contributed by atoms with E-state index in [2.05, 4.69) is 25.6 Å². The van der Waals surface area contributed by atoms with Crippen molar-refractivity contribution in [3.05, 3.63) is 66.7 Å². The normalized spacial score (nSPS) is 9.96. The fourth-order valence-corrected chi connectivity index (χ4v) is 2.00. The van der Waals surface area contributed by atoms with E-state index in [1.54, 1.807) is 12.1 Å². The second kappa shape index (κ2) is 7.78. The van der Waals surface area contributed by atoms with Crippen LogP contribution in [0.1, 0.15) is 0 Å². The Labute approximate surface area is 144 Å². The summed E-state index contributed by atoms with van der Waals surface area (Å²) >= 11 is 0. The number of hydrogen-bond donors (Lipinski definition) is 2. The van der Waals surface area contributed by atoms with E-state index >= 15 is 0 Å². The molecule has 1 heterocycles. The summed E-state index contributed by atoms with van der Waals surface area (Å²) in [6.07, 6.45) is -0.594. The Hall–Kier alpha value is -3.61. The van der Waals surface area contributed by atoms with Gasteiger partial charge >= 0.3 is 6.09 Å². The highest BCUT2D eigenvalue weighted by Gasteiger charge is 2.03. The van der Waals surface area contributed by atoms with Crippen molar-refractivity contribution in [2.45, 2.75) is 0 Å². The Morgan fingerprint density at radius 1 is 0.840 bits per heavy atom. The van der Waals surface area contributed by atoms with Crippen LogP contribution >= 0.6 is 0 Å². The van der Waals surface area contributed by atoms with Gasteiger partial charge in [0.25, 0.3) is 0 Å². The van der Waals surface area contributed by atoms with Gasteiger partial charge in [0.1, 0.15) is 11.5 Å². The summed E-state index contributed by atoms with van der Waals surface area (Å²) in [5, 5.41) is 13.4. The number of aromatic nitrogens is 2. The second-order valence-corrected chi connectivity index (χ2v) is 4.98. The number of hydrogen-bond acceptors (Lipinski definition) is 6. The van der Waals surface area contributed by atoms with Gasteiger partial charge in [0.05, 0.1) is 7.11 Å². The zero-order chi connectivity index (χ0) is 17.5. The minimum atomic E-state index is -0.594. The number of amides is 1. The lowest BCUT2D eigenvalue weighted by atomic mass is 10.3. The molecule has 3 rings (SSSR count). The predicted molar refractivity (Wildman–Crippen MR) is 94.3 cm³/mol. The molecule has 7 nitrogen and oxygen atoms in total. The van der Waals surface area contributed by atoms with Gasteiger partial charge in [0, 0.05) is 5.69 Å². The molecule has 7 heteroatoms. The highest BCUT2D eigenvalue weighted by Crippen LogP contribution is 2.23. The molecule has 2 aromatic carbocycles. The van der Waals surface area contributed by atoms with Crippen LogP contribution in [-0.4, -0.2) is 23.4 Å². The Morgan fingerprint density at radius 3 is 2.12 bits per heavy atom. The number of anilines is 3. The number of methoxy groups -OCH3 is 1. The first-order valence-electron chi connectivity index (χ1n) is 7.51. The maximum atomic E-state index is 11.1. The lowest BCUT2D eigenvalue weighted by Crippen LogP contribution is -2.12. The van der Waals surface area contributed by atoms with E-state index in [4.69, 9.17) is 4.74 Å². The number of carbonyl (C=O) groups is 1. The van der Waals surface area contributed by atoms with Gasteiger partial charge in [0.2, 0.25) is 0 Å². The van der Waals surface area contributed by atoms with E-state index in [9.17, 15) is 4.79 Å². The van der Waals surface area contributed by atoms with Gasteiger partial charge in [-0.25, -0.2) is 4.79 Å². The van der Waals surface area contributed by atoms with Crippen LogP contribution in [0.25, 0.3) is 0 Å². The Bertz CT molecular complexity index is 821. The molecule has 25 heavy (non-hydrogen) atoms. The lowest BCUT2D eigenvalue weighted by molar-refractivity contribution is 0.187. The van der Waals surface area contributed by atoms with Crippen molar-refractivity contribution >= 4 is 23.4 Å². The van der Waals surface area contributed by atoms with Crippen LogP contribution in [0.15, 0.2) is 66.7 Å². The number of benzene rings is 2. The molecule has 0 atom stereocenters. The van der Waals surface area contributed by atoms with E-state index < -0.39 is 6.09 Å². The third-order valence-electron chi connectivity index (χ3n) is 3.19.